The molecule has 0 bridgehead atoms. The van der Waals surface area contributed by atoms with E-state index in [2.05, 4.69) is 5.32 Å². The van der Waals surface area contributed by atoms with E-state index in [1.807, 2.05) is 12.1 Å². The Hall–Kier alpha value is -1.51. The molecule has 0 spiro atoms. The zero-order valence-corrected chi connectivity index (χ0v) is 6.70. The van der Waals surface area contributed by atoms with Crippen molar-refractivity contribution in [1.82, 2.24) is 5.32 Å². The molecule has 1 aliphatic heterocycles. The third-order valence-corrected chi connectivity index (χ3v) is 1.94. The summed E-state index contributed by atoms with van der Waals surface area (Å²) in [6.07, 6.45) is 0. The topological polar surface area (TPSA) is 40.4 Å². The standard InChI is InChI=1S/C9H8NO2/c1-12-7-3-2-6-5-10-9(11)8(6)4-7/h2-4H,5H2,1H3. The molecular weight excluding hydrogens is 154 g/mol. The van der Waals surface area contributed by atoms with Crippen LogP contribution in [0.25, 0.3) is 0 Å². The monoisotopic (exact) mass is 162 g/mol. The Bertz CT molecular complexity index is 333. The number of amides is 1. The van der Waals surface area contributed by atoms with E-state index in [9.17, 15) is 4.79 Å². The van der Waals surface area contributed by atoms with Crippen LogP contribution in [-0.4, -0.2) is 13.0 Å². The Morgan fingerprint density at radius 2 is 2.33 bits per heavy atom. The van der Waals surface area contributed by atoms with E-state index in [1.54, 1.807) is 13.2 Å². The normalized spacial score (nSPS) is 13.9. The molecule has 1 radical (unpaired) electrons. The molecule has 12 heavy (non-hydrogen) atoms. The van der Waals surface area contributed by atoms with Gasteiger partial charge < -0.3 is 4.74 Å². The number of nitrogens with zero attached hydrogens (tertiary/aromatic N) is 1. The van der Waals surface area contributed by atoms with Gasteiger partial charge in [-0.2, -0.15) is 0 Å². The number of methoxy groups -OCH3 is 1. The molecule has 0 atom stereocenters. The van der Waals surface area contributed by atoms with Crippen molar-refractivity contribution in [3.05, 3.63) is 29.3 Å². The van der Waals surface area contributed by atoms with Crippen LogP contribution in [-0.2, 0) is 6.54 Å². The van der Waals surface area contributed by atoms with Crippen molar-refractivity contribution >= 4 is 5.91 Å². The van der Waals surface area contributed by atoms with E-state index >= 15 is 0 Å². The summed E-state index contributed by atoms with van der Waals surface area (Å²) in [5.41, 5.74) is 1.66. The number of carbonyl (C=O) groups is 1. The van der Waals surface area contributed by atoms with Crippen LogP contribution in [0.4, 0.5) is 0 Å². The molecular formula is C9H8NO2. The zero-order valence-electron chi connectivity index (χ0n) is 6.70. The maximum Gasteiger partial charge on any atom is 0.273 e. The maximum atomic E-state index is 11.1. The summed E-state index contributed by atoms with van der Waals surface area (Å²) < 4.78 is 4.99. The van der Waals surface area contributed by atoms with E-state index in [0.29, 0.717) is 17.9 Å². The minimum atomic E-state index is -0.135. The van der Waals surface area contributed by atoms with Gasteiger partial charge in [-0.25, -0.2) is 5.32 Å². The van der Waals surface area contributed by atoms with E-state index < -0.39 is 0 Å². The number of rotatable bonds is 1. The van der Waals surface area contributed by atoms with Crippen LogP contribution in [0.15, 0.2) is 18.2 Å². The van der Waals surface area contributed by atoms with Gasteiger partial charge in [-0.1, -0.05) is 6.07 Å². The van der Waals surface area contributed by atoms with Gasteiger partial charge in [-0.3, -0.25) is 4.79 Å². The number of fused-ring (bicyclic) bond motifs is 1. The molecule has 1 aromatic carbocycles. The molecule has 0 saturated heterocycles. The Balaban J connectivity index is 2.50. The lowest BCUT2D eigenvalue weighted by Crippen LogP contribution is -2.03. The van der Waals surface area contributed by atoms with Gasteiger partial charge in [0.15, 0.2) is 0 Å². The van der Waals surface area contributed by atoms with Crippen LogP contribution in [0.3, 0.4) is 0 Å². The highest BCUT2D eigenvalue weighted by Gasteiger charge is 2.20. The van der Waals surface area contributed by atoms with Gasteiger partial charge >= 0.3 is 0 Å². The number of benzene rings is 1. The van der Waals surface area contributed by atoms with Crippen molar-refractivity contribution in [2.45, 2.75) is 6.54 Å². The SMILES string of the molecule is COc1ccc2c(c1)C(=O)[N]C2. The molecule has 0 fully saturated rings. The summed E-state index contributed by atoms with van der Waals surface area (Å²) in [5.74, 6) is 0.572. The molecule has 0 saturated carbocycles. The van der Waals surface area contributed by atoms with E-state index in [1.165, 1.54) is 0 Å². The number of carbonyl (C=O) groups excluding carboxylic acids is 1. The second-order valence-corrected chi connectivity index (χ2v) is 2.64. The first-order valence-corrected chi connectivity index (χ1v) is 3.70. The quantitative estimate of drug-likeness (QED) is 0.616. The summed E-state index contributed by atoms with van der Waals surface area (Å²) in [6, 6.07) is 5.45. The Kier molecular flexibility index (Phi) is 1.50. The molecule has 3 nitrogen and oxygen atoms in total. The van der Waals surface area contributed by atoms with Crippen molar-refractivity contribution < 1.29 is 9.53 Å². The molecule has 0 N–H and O–H groups in total. The lowest BCUT2D eigenvalue weighted by Gasteiger charge is -2.00. The first-order valence-electron chi connectivity index (χ1n) is 3.70. The maximum absolute atomic E-state index is 11.1. The van der Waals surface area contributed by atoms with E-state index in [0.717, 1.165) is 5.56 Å². The molecule has 0 unspecified atom stereocenters. The van der Waals surface area contributed by atoms with Crippen molar-refractivity contribution in [1.29, 1.82) is 0 Å². The zero-order chi connectivity index (χ0) is 8.55. The van der Waals surface area contributed by atoms with E-state index in [4.69, 9.17) is 4.74 Å². The van der Waals surface area contributed by atoms with Crippen molar-refractivity contribution in [2.75, 3.05) is 7.11 Å². The molecule has 0 aliphatic carbocycles. The summed E-state index contributed by atoms with van der Waals surface area (Å²) in [7, 11) is 1.58. The minimum Gasteiger partial charge on any atom is -0.497 e. The van der Waals surface area contributed by atoms with Crippen LogP contribution >= 0.6 is 0 Å². The first-order chi connectivity index (χ1) is 5.81. The van der Waals surface area contributed by atoms with Gasteiger partial charge in [0.25, 0.3) is 5.91 Å². The lowest BCUT2D eigenvalue weighted by atomic mass is 10.1. The molecule has 1 amide bonds. The Labute approximate surface area is 70.3 Å². The van der Waals surface area contributed by atoms with Crippen LogP contribution < -0.4 is 10.1 Å². The number of hydrogen-bond donors (Lipinski definition) is 0. The van der Waals surface area contributed by atoms with Gasteiger partial charge in [0.05, 0.1) is 19.2 Å². The van der Waals surface area contributed by atoms with Crippen LogP contribution in [0, 0.1) is 0 Å². The Morgan fingerprint density at radius 1 is 1.50 bits per heavy atom. The predicted octanol–water partition coefficient (Wildman–Crippen LogP) is 0.953. The number of hydrogen-bond acceptors (Lipinski definition) is 2. The molecule has 1 aliphatic rings. The van der Waals surface area contributed by atoms with Gasteiger partial charge in [-0.05, 0) is 17.7 Å². The minimum absolute atomic E-state index is 0.135. The smallest absolute Gasteiger partial charge is 0.273 e. The molecule has 2 rings (SSSR count). The third-order valence-electron chi connectivity index (χ3n) is 1.94. The molecule has 3 heteroatoms. The summed E-state index contributed by atoms with van der Waals surface area (Å²) in [4.78, 5) is 11.1. The second kappa shape index (κ2) is 2.52. The fraction of sp³-hybridized carbons (Fsp3) is 0.222. The van der Waals surface area contributed by atoms with Crippen LogP contribution in [0.2, 0.25) is 0 Å². The fourth-order valence-electron chi connectivity index (χ4n) is 1.26. The largest absolute Gasteiger partial charge is 0.497 e. The average molecular weight is 162 g/mol. The molecule has 61 valence electrons. The van der Waals surface area contributed by atoms with Crippen LogP contribution in [0.1, 0.15) is 15.9 Å². The highest BCUT2D eigenvalue weighted by Crippen LogP contribution is 2.21. The molecule has 1 aromatic rings. The molecule has 1 heterocycles. The fourth-order valence-corrected chi connectivity index (χ4v) is 1.26. The number of ether oxygens (including phenoxy) is 1. The predicted molar refractivity (Wildman–Crippen MR) is 43.2 cm³/mol. The lowest BCUT2D eigenvalue weighted by molar-refractivity contribution is 0.0961. The summed E-state index contributed by atoms with van der Waals surface area (Å²) in [6.45, 7) is 0.512. The summed E-state index contributed by atoms with van der Waals surface area (Å²) >= 11 is 0. The second-order valence-electron chi connectivity index (χ2n) is 2.64. The average Bonchev–Trinajstić information content (AvgIpc) is 2.47. The van der Waals surface area contributed by atoms with E-state index in [-0.39, 0.29) is 5.91 Å². The first kappa shape index (κ1) is 7.16. The summed E-state index contributed by atoms with van der Waals surface area (Å²) in [5, 5.41) is 3.79. The van der Waals surface area contributed by atoms with Crippen molar-refractivity contribution in [3.8, 4) is 5.75 Å². The van der Waals surface area contributed by atoms with Crippen molar-refractivity contribution in [3.63, 3.8) is 0 Å². The van der Waals surface area contributed by atoms with Gasteiger partial charge in [0.2, 0.25) is 0 Å². The van der Waals surface area contributed by atoms with Gasteiger partial charge in [0.1, 0.15) is 5.75 Å². The third kappa shape index (κ3) is 0.942. The Morgan fingerprint density at radius 3 is 3.08 bits per heavy atom. The molecule has 0 aromatic heterocycles. The van der Waals surface area contributed by atoms with Gasteiger partial charge in [-0.15, -0.1) is 0 Å². The highest BCUT2D eigenvalue weighted by atomic mass is 16.5. The van der Waals surface area contributed by atoms with Crippen molar-refractivity contribution in [2.24, 2.45) is 0 Å². The van der Waals surface area contributed by atoms with Crippen LogP contribution in [0.5, 0.6) is 5.75 Å². The highest BCUT2D eigenvalue weighted by molar-refractivity contribution is 5.98. The van der Waals surface area contributed by atoms with Gasteiger partial charge in [0, 0.05) is 0 Å².